The molecule has 4 fully saturated rings. The maximum absolute atomic E-state index is 10.6. The molecule has 1 radical (unpaired) electrons. The first-order chi connectivity index (χ1) is 6.30. The molecule has 0 heterocycles. The molecule has 4 bridgehead atoms. The first-order valence-corrected chi connectivity index (χ1v) is 5.65. The molecule has 0 aromatic heterocycles. The third-order valence-electron chi connectivity index (χ3n) is 4.61. The fourth-order valence-electron chi connectivity index (χ4n) is 4.66. The van der Waals surface area contributed by atoms with Crippen LogP contribution in [0, 0.1) is 23.2 Å². The standard InChI is InChI=1S/C12H17O/c13-2-1-12-6-9-3-10(7-12)5-11(4-9)8-12/h9-11H,1,3-8H2. The zero-order valence-corrected chi connectivity index (χ0v) is 8.09. The van der Waals surface area contributed by atoms with Crippen molar-refractivity contribution >= 4 is 6.29 Å². The second-order valence-corrected chi connectivity index (χ2v) is 5.74. The molecule has 4 aliphatic carbocycles. The maximum Gasteiger partial charge on any atom is 0.198 e. The van der Waals surface area contributed by atoms with Crippen LogP contribution in [0.2, 0.25) is 0 Å². The first kappa shape index (κ1) is 8.02. The highest BCUT2D eigenvalue weighted by Gasteiger charge is 2.50. The molecule has 4 saturated carbocycles. The van der Waals surface area contributed by atoms with Gasteiger partial charge >= 0.3 is 0 Å². The Morgan fingerprint density at radius 3 is 1.85 bits per heavy atom. The predicted octanol–water partition coefficient (Wildman–Crippen LogP) is 2.70. The molecule has 1 nitrogen and oxygen atoms in total. The average Bonchev–Trinajstić information content (AvgIpc) is 2.00. The Morgan fingerprint density at radius 1 is 1.00 bits per heavy atom. The van der Waals surface area contributed by atoms with Crippen molar-refractivity contribution in [2.75, 3.05) is 0 Å². The van der Waals surface area contributed by atoms with E-state index in [4.69, 9.17) is 0 Å². The van der Waals surface area contributed by atoms with Crippen molar-refractivity contribution in [2.24, 2.45) is 23.2 Å². The lowest BCUT2D eigenvalue weighted by atomic mass is 9.49. The zero-order chi connectivity index (χ0) is 8.89. The van der Waals surface area contributed by atoms with Crippen LogP contribution in [0.5, 0.6) is 0 Å². The SMILES string of the molecule is O=[C]CC12CC3CC(CC(C3)C1)C2. The van der Waals surface area contributed by atoms with Crippen molar-refractivity contribution in [3.63, 3.8) is 0 Å². The summed E-state index contributed by atoms with van der Waals surface area (Å²) in [5.41, 5.74) is 0.427. The Labute approximate surface area is 79.9 Å². The van der Waals surface area contributed by atoms with Crippen molar-refractivity contribution in [1.29, 1.82) is 0 Å². The number of carbonyl (C=O) groups excluding carboxylic acids is 1. The van der Waals surface area contributed by atoms with E-state index in [1.807, 2.05) is 0 Å². The van der Waals surface area contributed by atoms with Gasteiger partial charge in [0.15, 0.2) is 6.29 Å². The molecule has 0 spiro atoms. The van der Waals surface area contributed by atoms with Crippen LogP contribution in [0.15, 0.2) is 0 Å². The van der Waals surface area contributed by atoms with Crippen LogP contribution < -0.4 is 0 Å². The van der Waals surface area contributed by atoms with Crippen LogP contribution in [0.4, 0.5) is 0 Å². The molecular formula is C12H17O. The van der Waals surface area contributed by atoms with E-state index in [1.54, 1.807) is 0 Å². The molecule has 1 heteroatoms. The fourth-order valence-corrected chi connectivity index (χ4v) is 4.66. The van der Waals surface area contributed by atoms with Crippen molar-refractivity contribution in [2.45, 2.75) is 44.9 Å². The first-order valence-electron chi connectivity index (χ1n) is 5.65. The lowest BCUT2D eigenvalue weighted by molar-refractivity contribution is -0.0483. The van der Waals surface area contributed by atoms with Crippen molar-refractivity contribution in [3.05, 3.63) is 0 Å². The van der Waals surface area contributed by atoms with Gasteiger partial charge in [0.25, 0.3) is 0 Å². The highest BCUT2D eigenvalue weighted by Crippen LogP contribution is 2.60. The van der Waals surface area contributed by atoms with Gasteiger partial charge < -0.3 is 0 Å². The normalized spacial score (nSPS) is 52.5. The summed E-state index contributed by atoms with van der Waals surface area (Å²) in [5.74, 6) is 2.92. The van der Waals surface area contributed by atoms with Gasteiger partial charge in [0.05, 0.1) is 0 Å². The largest absolute Gasteiger partial charge is 0.291 e. The second kappa shape index (κ2) is 2.59. The van der Waals surface area contributed by atoms with Crippen LogP contribution in [-0.4, -0.2) is 6.29 Å². The molecule has 0 N–H and O–H groups in total. The number of rotatable bonds is 2. The van der Waals surface area contributed by atoms with Gasteiger partial charge in [0.1, 0.15) is 0 Å². The monoisotopic (exact) mass is 177 g/mol. The topological polar surface area (TPSA) is 17.1 Å². The Morgan fingerprint density at radius 2 is 1.46 bits per heavy atom. The molecule has 0 atom stereocenters. The van der Waals surface area contributed by atoms with Gasteiger partial charge in [-0.05, 0) is 61.7 Å². The highest BCUT2D eigenvalue weighted by atomic mass is 16.1. The lowest BCUT2D eigenvalue weighted by Gasteiger charge is -2.56. The summed E-state index contributed by atoms with van der Waals surface area (Å²) in [6, 6.07) is 0. The van der Waals surface area contributed by atoms with Gasteiger partial charge in [-0.15, -0.1) is 0 Å². The zero-order valence-electron chi connectivity index (χ0n) is 8.09. The van der Waals surface area contributed by atoms with E-state index in [-0.39, 0.29) is 0 Å². The predicted molar refractivity (Wildman–Crippen MR) is 50.9 cm³/mol. The van der Waals surface area contributed by atoms with E-state index < -0.39 is 0 Å². The Balaban J connectivity index is 1.87. The van der Waals surface area contributed by atoms with E-state index in [0.29, 0.717) is 5.41 Å². The van der Waals surface area contributed by atoms with Gasteiger partial charge in [-0.1, -0.05) is 0 Å². The molecular weight excluding hydrogens is 160 g/mol. The van der Waals surface area contributed by atoms with E-state index in [0.717, 1.165) is 24.2 Å². The summed E-state index contributed by atoms with van der Waals surface area (Å²) in [5, 5.41) is 0. The van der Waals surface area contributed by atoms with Crippen LogP contribution in [0.3, 0.4) is 0 Å². The molecule has 4 aliphatic rings. The Bertz CT molecular complexity index is 196. The Kier molecular flexibility index (Phi) is 1.59. The highest BCUT2D eigenvalue weighted by molar-refractivity contribution is 5.52. The van der Waals surface area contributed by atoms with E-state index in [1.165, 1.54) is 38.5 Å². The van der Waals surface area contributed by atoms with Crippen LogP contribution in [-0.2, 0) is 4.79 Å². The quantitative estimate of drug-likeness (QED) is 0.633. The van der Waals surface area contributed by atoms with Crippen LogP contribution >= 0.6 is 0 Å². The molecule has 0 saturated heterocycles. The fraction of sp³-hybridized carbons (Fsp3) is 0.917. The summed E-state index contributed by atoms with van der Waals surface area (Å²) in [7, 11) is 0. The molecule has 13 heavy (non-hydrogen) atoms. The van der Waals surface area contributed by atoms with Crippen molar-refractivity contribution in [3.8, 4) is 0 Å². The van der Waals surface area contributed by atoms with Crippen molar-refractivity contribution in [1.82, 2.24) is 0 Å². The van der Waals surface area contributed by atoms with Gasteiger partial charge in [-0.2, -0.15) is 0 Å². The molecule has 0 aliphatic heterocycles. The minimum Gasteiger partial charge on any atom is -0.291 e. The van der Waals surface area contributed by atoms with Crippen molar-refractivity contribution < 1.29 is 4.79 Å². The Hall–Kier alpha value is -0.330. The van der Waals surface area contributed by atoms with E-state index in [2.05, 4.69) is 6.29 Å². The summed E-state index contributed by atoms with van der Waals surface area (Å²) < 4.78 is 0. The van der Waals surface area contributed by atoms with Gasteiger partial charge in [0, 0.05) is 6.42 Å². The molecule has 71 valence electrons. The van der Waals surface area contributed by atoms with E-state index in [9.17, 15) is 4.79 Å². The number of hydrogen-bond acceptors (Lipinski definition) is 1. The van der Waals surface area contributed by atoms with Gasteiger partial charge in [0.2, 0.25) is 0 Å². The molecule has 0 aromatic rings. The maximum atomic E-state index is 10.6. The summed E-state index contributed by atoms with van der Waals surface area (Å²) in [6.45, 7) is 0. The molecule has 0 amide bonds. The van der Waals surface area contributed by atoms with Crippen LogP contribution in [0.25, 0.3) is 0 Å². The third kappa shape index (κ3) is 1.16. The minimum atomic E-state index is 0.427. The minimum absolute atomic E-state index is 0.427. The van der Waals surface area contributed by atoms with Gasteiger partial charge in [-0.3, -0.25) is 4.79 Å². The second-order valence-electron chi connectivity index (χ2n) is 5.74. The molecule has 0 aromatic carbocycles. The summed E-state index contributed by atoms with van der Waals surface area (Å²) >= 11 is 0. The van der Waals surface area contributed by atoms with E-state index >= 15 is 0 Å². The summed E-state index contributed by atoms with van der Waals surface area (Å²) in [4.78, 5) is 10.6. The molecule has 0 unspecified atom stereocenters. The number of hydrogen-bond donors (Lipinski definition) is 0. The molecule has 4 rings (SSSR count). The summed E-state index contributed by atoms with van der Waals surface area (Å²) in [6.07, 6.45) is 11.3. The third-order valence-corrected chi connectivity index (χ3v) is 4.61. The lowest BCUT2D eigenvalue weighted by Crippen LogP contribution is -2.46. The smallest absolute Gasteiger partial charge is 0.198 e. The average molecular weight is 177 g/mol. The van der Waals surface area contributed by atoms with Gasteiger partial charge in [-0.25, -0.2) is 0 Å². The van der Waals surface area contributed by atoms with Crippen LogP contribution in [0.1, 0.15) is 44.9 Å².